The van der Waals surface area contributed by atoms with Gasteiger partial charge in [-0.3, -0.25) is 14.4 Å². The maximum Gasteiger partial charge on any atom is 0.257 e. The fraction of sp³-hybridized carbons (Fsp3) is 0.174. The zero-order valence-electron chi connectivity index (χ0n) is 17.0. The Bertz CT molecular complexity index is 1180. The molecule has 160 valence electrons. The molecule has 1 aromatic carbocycles. The number of aromatic nitrogens is 1. The second kappa shape index (κ2) is 9.95. The van der Waals surface area contributed by atoms with Crippen molar-refractivity contribution < 1.29 is 14.0 Å². The van der Waals surface area contributed by atoms with E-state index >= 15 is 0 Å². The first-order valence-corrected chi connectivity index (χ1v) is 9.96. The van der Waals surface area contributed by atoms with Crippen molar-refractivity contribution in [3.05, 3.63) is 105 Å². The summed E-state index contributed by atoms with van der Waals surface area (Å²) in [5.74, 6) is 0.190. The van der Waals surface area contributed by atoms with E-state index in [4.69, 9.17) is 16.0 Å². The number of halogens is 1. The molecular formula is C23H22ClN3O4. The van der Waals surface area contributed by atoms with E-state index in [2.05, 4.69) is 17.2 Å². The van der Waals surface area contributed by atoms with Gasteiger partial charge in [0.1, 0.15) is 22.6 Å². The summed E-state index contributed by atoms with van der Waals surface area (Å²) in [5.41, 5.74) is -0.152. The van der Waals surface area contributed by atoms with Crippen molar-refractivity contribution in [1.29, 1.82) is 0 Å². The van der Waals surface area contributed by atoms with Gasteiger partial charge in [0.25, 0.3) is 11.8 Å². The molecule has 8 heteroatoms. The standard InChI is InChI=1S/C23H22ClN3O4/c1-3-9-25-22(29)19-13-27(12-18-8-7-15(2)31-18)14-20(21(19)28)23(30)26-11-16-5-4-6-17(24)10-16/h3-8,10,13-14H,1,9,11-12H2,2H3,(H,25,29)(H,26,30). The van der Waals surface area contributed by atoms with Gasteiger partial charge >= 0.3 is 0 Å². The van der Waals surface area contributed by atoms with Crippen LogP contribution in [0.2, 0.25) is 5.02 Å². The number of pyridine rings is 1. The Labute approximate surface area is 184 Å². The number of rotatable bonds is 8. The average molecular weight is 440 g/mol. The van der Waals surface area contributed by atoms with E-state index in [-0.39, 0.29) is 30.8 Å². The Hall–Kier alpha value is -3.58. The van der Waals surface area contributed by atoms with Crippen molar-refractivity contribution in [3.63, 3.8) is 0 Å². The average Bonchev–Trinajstić information content (AvgIpc) is 3.15. The minimum Gasteiger partial charge on any atom is -0.464 e. The number of amides is 2. The molecule has 0 unspecified atom stereocenters. The number of nitrogens with one attached hydrogen (secondary N) is 2. The minimum atomic E-state index is -0.656. The molecule has 0 spiro atoms. The fourth-order valence-electron chi connectivity index (χ4n) is 2.98. The van der Waals surface area contributed by atoms with Crippen molar-refractivity contribution in [3.8, 4) is 0 Å². The lowest BCUT2D eigenvalue weighted by molar-refractivity contribution is 0.0948. The molecule has 2 heterocycles. The van der Waals surface area contributed by atoms with Crippen molar-refractivity contribution in [2.75, 3.05) is 6.54 Å². The lowest BCUT2D eigenvalue weighted by atomic mass is 10.1. The molecule has 0 aliphatic rings. The van der Waals surface area contributed by atoms with Crippen LogP contribution in [0.4, 0.5) is 0 Å². The van der Waals surface area contributed by atoms with E-state index in [1.807, 2.05) is 19.1 Å². The summed E-state index contributed by atoms with van der Waals surface area (Å²) >= 11 is 5.97. The third-order valence-corrected chi connectivity index (χ3v) is 4.69. The van der Waals surface area contributed by atoms with Gasteiger partial charge < -0.3 is 19.6 Å². The van der Waals surface area contributed by atoms with Gasteiger partial charge in [0, 0.05) is 30.5 Å². The SMILES string of the molecule is C=CCNC(=O)c1cn(Cc2ccc(C)o2)cc(C(=O)NCc2cccc(Cl)c2)c1=O. The summed E-state index contributed by atoms with van der Waals surface area (Å²) in [6, 6.07) is 10.6. The molecule has 0 aliphatic heterocycles. The second-order valence-electron chi connectivity index (χ2n) is 6.91. The molecule has 0 bridgehead atoms. The van der Waals surface area contributed by atoms with Crippen molar-refractivity contribution in [1.82, 2.24) is 15.2 Å². The molecule has 0 aliphatic carbocycles. The zero-order chi connectivity index (χ0) is 22.4. The molecule has 0 saturated heterocycles. The molecule has 3 aromatic rings. The number of benzene rings is 1. The number of hydrogen-bond donors (Lipinski definition) is 2. The number of carbonyl (C=O) groups is 2. The van der Waals surface area contributed by atoms with Gasteiger partial charge in [-0.15, -0.1) is 6.58 Å². The van der Waals surface area contributed by atoms with Crippen LogP contribution in [0.3, 0.4) is 0 Å². The Kier molecular flexibility index (Phi) is 7.10. The molecule has 0 atom stereocenters. The molecule has 2 amide bonds. The first kappa shape index (κ1) is 22.1. The first-order valence-electron chi connectivity index (χ1n) is 9.58. The Balaban J connectivity index is 1.91. The molecule has 7 nitrogen and oxygen atoms in total. The fourth-order valence-corrected chi connectivity index (χ4v) is 3.19. The third-order valence-electron chi connectivity index (χ3n) is 4.45. The molecule has 0 saturated carbocycles. The highest BCUT2D eigenvalue weighted by Gasteiger charge is 2.19. The van der Waals surface area contributed by atoms with Crippen LogP contribution in [0.25, 0.3) is 0 Å². The van der Waals surface area contributed by atoms with Crippen LogP contribution in [-0.2, 0) is 13.1 Å². The molecule has 0 radical (unpaired) electrons. The van der Waals surface area contributed by atoms with Crippen molar-refractivity contribution in [2.45, 2.75) is 20.0 Å². The quantitative estimate of drug-likeness (QED) is 0.526. The molecule has 0 fully saturated rings. The smallest absolute Gasteiger partial charge is 0.257 e. The van der Waals surface area contributed by atoms with E-state index in [0.717, 1.165) is 11.3 Å². The summed E-state index contributed by atoms with van der Waals surface area (Å²) in [7, 11) is 0. The molecule has 31 heavy (non-hydrogen) atoms. The highest BCUT2D eigenvalue weighted by atomic mass is 35.5. The number of furan rings is 1. The molecule has 3 rings (SSSR count). The molecule has 2 aromatic heterocycles. The van der Waals surface area contributed by atoms with Gasteiger partial charge in [-0.2, -0.15) is 0 Å². The number of hydrogen-bond acceptors (Lipinski definition) is 4. The summed E-state index contributed by atoms with van der Waals surface area (Å²) < 4.78 is 7.15. The van der Waals surface area contributed by atoms with E-state index in [1.54, 1.807) is 28.8 Å². The number of carbonyl (C=O) groups excluding carboxylic acids is 2. The van der Waals surface area contributed by atoms with E-state index in [1.165, 1.54) is 18.5 Å². The first-order chi connectivity index (χ1) is 14.9. The van der Waals surface area contributed by atoms with Gasteiger partial charge in [0.15, 0.2) is 0 Å². The van der Waals surface area contributed by atoms with Crippen LogP contribution in [0.1, 0.15) is 37.8 Å². The lowest BCUT2D eigenvalue weighted by Gasteiger charge is -2.12. The lowest BCUT2D eigenvalue weighted by Crippen LogP contribution is -2.35. The topological polar surface area (TPSA) is 93.3 Å². The summed E-state index contributed by atoms with van der Waals surface area (Å²) in [4.78, 5) is 38.2. The van der Waals surface area contributed by atoms with Gasteiger partial charge in [-0.05, 0) is 36.8 Å². The van der Waals surface area contributed by atoms with E-state index < -0.39 is 17.2 Å². The maximum atomic E-state index is 12.9. The van der Waals surface area contributed by atoms with Gasteiger partial charge in [-0.1, -0.05) is 29.8 Å². The van der Waals surface area contributed by atoms with Gasteiger partial charge in [0.05, 0.1) is 6.54 Å². The molecular weight excluding hydrogens is 418 g/mol. The van der Waals surface area contributed by atoms with Crippen LogP contribution in [-0.4, -0.2) is 22.9 Å². The maximum absolute atomic E-state index is 12.9. The predicted molar refractivity (Wildman–Crippen MR) is 118 cm³/mol. The summed E-state index contributed by atoms with van der Waals surface area (Å²) in [6.45, 7) is 6.00. The summed E-state index contributed by atoms with van der Waals surface area (Å²) in [5, 5.41) is 5.83. The van der Waals surface area contributed by atoms with Crippen LogP contribution in [0.5, 0.6) is 0 Å². The Morgan fingerprint density at radius 1 is 1.13 bits per heavy atom. The van der Waals surface area contributed by atoms with Crippen molar-refractivity contribution >= 4 is 23.4 Å². The van der Waals surface area contributed by atoms with Crippen molar-refractivity contribution in [2.24, 2.45) is 0 Å². The highest BCUT2D eigenvalue weighted by molar-refractivity contribution is 6.30. The minimum absolute atomic E-state index is 0.138. The second-order valence-corrected chi connectivity index (χ2v) is 7.35. The third kappa shape index (κ3) is 5.73. The Morgan fingerprint density at radius 2 is 1.84 bits per heavy atom. The van der Waals surface area contributed by atoms with Gasteiger partial charge in [-0.25, -0.2) is 0 Å². The predicted octanol–water partition coefficient (Wildman–Crippen LogP) is 3.30. The summed E-state index contributed by atoms with van der Waals surface area (Å²) in [6.07, 6.45) is 4.33. The monoisotopic (exact) mass is 439 g/mol. The van der Waals surface area contributed by atoms with E-state index in [0.29, 0.717) is 10.8 Å². The largest absolute Gasteiger partial charge is 0.464 e. The Morgan fingerprint density at radius 3 is 2.45 bits per heavy atom. The highest BCUT2D eigenvalue weighted by Crippen LogP contribution is 2.11. The van der Waals surface area contributed by atoms with Crippen LogP contribution in [0.15, 0.2) is 70.7 Å². The van der Waals surface area contributed by atoms with E-state index in [9.17, 15) is 14.4 Å². The van der Waals surface area contributed by atoms with Crippen LogP contribution < -0.4 is 16.1 Å². The van der Waals surface area contributed by atoms with Crippen LogP contribution >= 0.6 is 11.6 Å². The normalized spacial score (nSPS) is 10.5. The molecule has 2 N–H and O–H groups in total. The van der Waals surface area contributed by atoms with Gasteiger partial charge in [0.2, 0.25) is 5.43 Å². The number of nitrogens with zero attached hydrogens (tertiary/aromatic N) is 1. The zero-order valence-corrected chi connectivity index (χ0v) is 17.7. The number of aryl methyl sites for hydroxylation is 1. The van der Waals surface area contributed by atoms with Crippen LogP contribution in [0, 0.1) is 6.92 Å².